The van der Waals surface area contributed by atoms with Gasteiger partial charge in [0.15, 0.2) is 6.10 Å². The molecule has 0 saturated carbocycles. The molecule has 0 unspecified atom stereocenters. The van der Waals surface area contributed by atoms with E-state index in [0.29, 0.717) is 18.7 Å². The van der Waals surface area contributed by atoms with E-state index in [4.69, 9.17) is 9.84 Å². The third kappa shape index (κ3) is 5.19. The maximum atomic E-state index is 11.6. The van der Waals surface area contributed by atoms with Gasteiger partial charge in [0.25, 0.3) is 5.91 Å². The van der Waals surface area contributed by atoms with Gasteiger partial charge in [0.1, 0.15) is 5.75 Å². The van der Waals surface area contributed by atoms with Crippen molar-refractivity contribution in [1.82, 2.24) is 5.32 Å². The SMILES string of the molecule is C[C@@H](Oc1ccc(Br)cc1)C(=O)NCCCO. The molecule has 0 saturated heterocycles. The van der Waals surface area contributed by atoms with E-state index < -0.39 is 6.10 Å². The van der Waals surface area contributed by atoms with Gasteiger partial charge in [-0.25, -0.2) is 0 Å². The van der Waals surface area contributed by atoms with Crippen LogP contribution in [0.25, 0.3) is 0 Å². The highest BCUT2D eigenvalue weighted by atomic mass is 79.9. The van der Waals surface area contributed by atoms with E-state index in [1.54, 1.807) is 19.1 Å². The predicted molar refractivity (Wildman–Crippen MR) is 68.9 cm³/mol. The first-order valence-electron chi connectivity index (χ1n) is 5.44. The topological polar surface area (TPSA) is 58.6 Å². The van der Waals surface area contributed by atoms with Crippen LogP contribution in [0.15, 0.2) is 28.7 Å². The Morgan fingerprint density at radius 2 is 2.12 bits per heavy atom. The number of rotatable bonds is 6. The largest absolute Gasteiger partial charge is 0.481 e. The molecule has 5 heteroatoms. The molecule has 0 aliphatic carbocycles. The van der Waals surface area contributed by atoms with Crippen LogP contribution in [-0.2, 0) is 4.79 Å². The van der Waals surface area contributed by atoms with Crippen LogP contribution in [0.1, 0.15) is 13.3 Å². The fraction of sp³-hybridized carbons (Fsp3) is 0.417. The lowest BCUT2D eigenvalue weighted by Crippen LogP contribution is -2.37. The Hall–Kier alpha value is -1.07. The maximum Gasteiger partial charge on any atom is 0.260 e. The second kappa shape index (κ2) is 7.29. The fourth-order valence-corrected chi connectivity index (χ4v) is 1.47. The molecule has 1 atom stereocenters. The summed E-state index contributed by atoms with van der Waals surface area (Å²) >= 11 is 3.32. The van der Waals surface area contributed by atoms with Crippen molar-refractivity contribution in [3.05, 3.63) is 28.7 Å². The van der Waals surface area contributed by atoms with Crippen LogP contribution >= 0.6 is 15.9 Å². The number of aliphatic hydroxyl groups excluding tert-OH is 1. The zero-order valence-electron chi connectivity index (χ0n) is 9.65. The Labute approximate surface area is 109 Å². The lowest BCUT2D eigenvalue weighted by molar-refractivity contribution is -0.127. The quantitative estimate of drug-likeness (QED) is 0.787. The third-order valence-corrected chi connectivity index (χ3v) is 2.66. The molecule has 0 aliphatic heterocycles. The lowest BCUT2D eigenvalue weighted by atomic mass is 10.3. The van der Waals surface area contributed by atoms with Crippen molar-refractivity contribution >= 4 is 21.8 Å². The molecule has 0 aliphatic rings. The predicted octanol–water partition coefficient (Wildman–Crippen LogP) is 1.71. The molecule has 94 valence electrons. The van der Waals surface area contributed by atoms with Gasteiger partial charge in [0.05, 0.1) is 0 Å². The maximum absolute atomic E-state index is 11.6. The summed E-state index contributed by atoms with van der Waals surface area (Å²) < 4.78 is 6.43. The van der Waals surface area contributed by atoms with Crippen LogP contribution in [0.2, 0.25) is 0 Å². The summed E-state index contributed by atoms with van der Waals surface area (Å²) in [5.74, 6) is 0.472. The highest BCUT2D eigenvalue weighted by Crippen LogP contribution is 2.17. The fourth-order valence-electron chi connectivity index (χ4n) is 1.21. The minimum atomic E-state index is -0.546. The number of halogens is 1. The number of ether oxygens (including phenoxy) is 1. The lowest BCUT2D eigenvalue weighted by Gasteiger charge is -2.14. The van der Waals surface area contributed by atoms with Gasteiger partial charge in [-0.05, 0) is 37.6 Å². The zero-order valence-corrected chi connectivity index (χ0v) is 11.2. The van der Waals surface area contributed by atoms with Gasteiger partial charge in [-0.3, -0.25) is 4.79 Å². The van der Waals surface area contributed by atoms with Crippen LogP contribution in [0.4, 0.5) is 0 Å². The normalized spacial score (nSPS) is 11.9. The minimum Gasteiger partial charge on any atom is -0.481 e. The first-order chi connectivity index (χ1) is 8.13. The Bertz CT molecular complexity index is 353. The Balaban J connectivity index is 2.40. The van der Waals surface area contributed by atoms with Gasteiger partial charge in [0, 0.05) is 17.6 Å². The Morgan fingerprint density at radius 3 is 2.71 bits per heavy atom. The second-order valence-electron chi connectivity index (χ2n) is 3.58. The van der Waals surface area contributed by atoms with E-state index >= 15 is 0 Å². The van der Waals surface area contributed by atoms with Gasteiger partial charge < -0.3 is 15.2 Å². The first-order valence-corrected chi connectivity index (χ1v) is 6.23. The van der Waals surface area contributed by atoms with E-state index in [1.807, 2.05) is 12.1 Å². The van der Waals surface area contributed by atoms with Crippen molar-refractivity contribution in [2.45, 2.75) is 19.4 Å². The highest BCUT2D eigenvalue weighted by Gasteiger charge is 2.13. The summed E-state index contributed by atoms with van der Waals surface area (Å²) in [5, 5.41) is 11.3. The van der Waals surface area contributed by atoms with Crippen LogP contribution < -0.4 is 10.1 Å². The molecule has 0 bridgehead atoms. The summed E-state index contributed by atoms with van der Waals surface area (Å²) in [6.07, 6.45) is 0.00591. The van der Waals surface area contributed by atoms with Gasteiger partial charge in [-0.2, -0.15) is 0 Å². The van der Waals surface area contributed by atoms with Crippen molar-refractivity contribution in [2.75, 3.05) is 13.2 Å². The summed E-state index contributed by atoms with van der Waals surface area (Å²) in [6.45, 7) is 2.22. The molecule has 1 aromatic rings. The molecule has 4 nitrogen and oxygen atoms in total. The number of amides is 1. The van der Waals surface area contributed by atoms with E-state index in [1.165, 1.54) is 0 Å². The molecule has 0 aromatic heterocycles. The first kappa shape index (κ1) is 14.0. The van der Waals surface area contributed by atoms with Gasteiger partial charge in [0.2, 0.25) is 0 Å². The number of benzene rings is 1. The summed E-state index contributed by atoms with van der Waals surface area (Å²) in [7, 11) is 0. The third-order valence-electron chi connectivity index (χ3n) is 2.13. The van der Waals surface area contributed by atoms with Crippen molar-refractivity contribution in [3.8, 4) is 5.75 Å². The van der Waals surface area contributed by atoms with E-state index in [-0.39, 0.29) is 12.5 Å². The summed E-state index contributed by atoms with van der Waals surface area (Å²) in [4.78, 5) is 11.6. The average molecular weight is 302 g/mol. The van der Waals surface area contributed by atoms with Gasteiger partial charge in [-0.1, -0.05) is 15.9 Å². The Morgan fingerprint density at radius 1 is 1.47 bits per heavy atom. The molecule has 0 spiro atoms. The average Bonchev–Trinajstić information content (AvgIpc) is 2.32. The molecule has 1 rings (SSSR count). The van der Waals surface area contributed by atoms with E-state index in [2.05, 4.69) is 21.2 Å². The van der Waals surface area contributed by atoms with E-state index in [0.717, 1.165) is 4.47 Å². The minimum absolute atomic E-state index is 0.0717. The number of carbonyl (C=O) groups is 1. The van der Waals surface area contributed by atoms with Gasteiger partial charge >= 0.3 is 0 Å². The molecule has 0 radical (unpaired) electrons. The molecule has 0 heterocycles. The van der Waals surface area contributed by atoms with Crippen molar-refractivity contribution in [2.24, 2.45) is 0 Å². The van der Waals surface area contributed by atoms with Crippen molar-refractivity contribution in [1.29, 1.82) is 0 Å². The molecular formula is C12H16BrNO3. The molecule has 17 heavy (non-hydrogen) atoms. The highest BCUT2D eigenvalue weighted by molar-refractivity contribution is 9.10. The van der Waals surface area contributed by atoms with E-state index in [9.17, 15) is 4.79 Å². The molecule has 1 amide bonds. The van der Waals surface area contributed by atoms with Crippen LogP contribution in [0, 0.1) is 0 Å². The molecule has 2 N–H and O–H groups in total. The van der Waals surface area contributed by atoms with Crippen LogP contribution in [0.3, 0.4) is 0 Å². The number of carbonyl (C=O) groups excluding carboxylic acids is 1. The number of hydrogen-bond acceptors (Lipinski definition) is 3. The number of hydrogen-bond donors (Lipinski definition) is 2. The van der Waals surface area contributed by atoms with Crippen molar-refractivity contribution < 1.29 is 14.6 Å². The van der Waals surface area contributed by atoms with Gasteiger partial charge in [-0.15, -0.1) is 0 Å². The monoisotopic (exact) mass is 301 g/mol. The molecule has 1 aromatic carbocycles. The number of aliphatic hydroxyl groups is 1. The van der Waals surface area contributed by atoms with Crippen LogP contribution in [-0.4, -0.2) is 30.3 Å². The van der Waals surface area contributed by atoms with Crippen molar-refractivity contribution in [3.63, 3.8) is 0 Å². The second-order valence-corrected chi connectivity index (χ2v) is 4.50. The zero-order chi connectivity index (χ0) is 12.7. The standard InChI is InChI=1S/C12H16BrNO3/c1-9(12(16)14-7-2-8-15)17-11-5-3-10(13)4-6-11/h3-6,9,15H,2,7-8H2,1H3,(H,14,16)/t9-/m1/s1. The smallest absolute Gasteiger partial charge is 0.260 e. The Kier molecular flexibility index (Phi) is 6.00. The summed E-state index contributed by atoms with van der Waals surface area (Å²) in [5.41, 5.74) is 0. The molecule has 0 fully saturated rings. The number of nitrogens with one attached hydrogen (secondary N) is 1. The van der Waals surface area contributed by atoms with Crippen LogP contribution in [0.5, 0.6) is 5.75 Å². The molecular weight excluding hydrogens is 286 g/mol. The summed E-state index contributed by atoms with van der Waals surface area (Å²) in [6, 6.07) is 7.29.